The molecule has 0 radical (unpaired) electrons. The molecule has 0 spiro atoms. The van der Waals surface area contributed by atoms with Gasteiger partial charge in [-0.25, -0.2) is 4.39 Å². The van der Waals surface area contributed by atoms with Crippen LogP contribution in [0.3, 0.4) is 0 Å². The average molecular weight is 200 g/mol. The Morgan fingerprint density at radius 2 is 2.31 bits per heavy atom. The zero-order chi connectivity index (χ0) is 9.26. The third kappa shape index (κ3) is 1.84. The monoisotopic (exact) mass is 199 g/mol. The minimum absolute atomic E-state index is 0.196. The van der Waals surface area contributed by atoms with Gasteiger partial charge in [-0.2, -0.15) is 0 Å². The van der Waals surface area contributed by atoms with Gasteiger partial charge < -0.3 is 5.32 Å². The molecule has 1 aromatic rings. The first-order valence-corrected chi connectivity index (χ1v) is 4.83. The standard InChI is InChI=1S/C10H11ClFN/c11-8-4-3-7(6-9(8)12)10-2-1-5-13-10/h3-4,6,10,13H,1-2,5H2/t10-/m0/s1. The van der Waals surface area contributed by atoms with Crippen molar-refractivity contribution >= 4 is 11.6 Å². The highest BCUT2D eigenvalue weighted by Gasteiger charge is 2.16. The highest BCUT2D eigenvalue weighted by molar-refractivity contribution is 6.30. The number of halogens is 2. The van der Waals surface area contributed by atoms with Crippen LogP contribution in [0.5, 0.6) is 0 Å². The first-order valence-electron chi connectivity index (χ1n) is 4.46. The maximum atomic E-state index is 13.1. The van der Waals surface area contributed by atoms with Gasteiger partial charge in [-0.3, -0.25) is 0 Å². The van der Waals surface area contributed by atoms with Crippen LogP contribution in [0.1, 0.15) is 24.4 Å². The lowest BCUT2D eigenvalue weighted by molar-refractivity contribution is 0.607. The minimum Gasteiger partial charge on any atom is -0.310 e. The van der Waals surface area contributed by atoms with Gasteiger partial charge in [-0.1, -0.05) is 17.7 Å². The van der Waals surface area contributed by atoms with E-state index in [2.05, 4.69) is 5.32 Å². The molecule has 1 aromatic carbocycles. The zero-order valence-electron chi connectivity index (χ0n) is 7.19. The van der Waals surface area contributed by atoms with Crippen molar-refractivity contribution in [1.29, 1.82) is 0 Å². The summed E-state index contributed by atoms with van der Waals surface area (Å²) >= 11 is 5.59. The van der Waals surface area contributed by atoms with Gasteiger partial charge in [-0.15, -0.1) is 0 Å². The van der Waals surface area contributed by atoms with Crippen LogP contribution in [0.2, 0.25) is 5.02 Å². The van der Waals surface area contributed by atoms with E-state index in [9.17, 15) is 4.39 Å². The molecule has 1 heterocycles. The summed E-state index contributed by atoms with van der Waals surface area (Å²) in [5, 5.41) is 3.51. The summed E-state index contributed by atoms with van der Waals surface area (Å²) in [5.41, 5.74) is 0.999. The van der Waals surface area contributed by atoms with Crippen molar-refractivity contribution in [3.63, 3.8) is 0 Å². The Kier molecular flexibility index (Phi) is 2.51. The van der Waals surface area contributed by atoms with Crippen LogP contribution in [0.15, 0.2) is 18.2 Å². The van der Waals surface area contributed by atoms with E-state index in [0.29, 0.717) is 6.04 Å². The summed E-state index contributed by atoms with van der Waals surface area (Å²) in [7, 11) is 0. The lowest BCUT2D eigenvalue weighted by Crippen LogP contribution is -2.12. The van der Waals surface area contributed by atoms with E-state index in [4.69, 9.17) is 11.6 Å². The Hall–Kier alpha value is -0.600. The third-order valence-electron chi connectivity index (χ3n) is 2.41. The highest BCUT2D eigenvalue weighted by Crippen LogP contribution is 2.25. The molecule has 1 aliphatic heterocycles. The molecule has 1 saturated heterocycles. The summed E-state index contributed by atoms with van der Waals surface area (Å²) in [4.78, 5) is 0. The van der Waals surface area contributed by atoms with Gasteiger partial charge in [0, 0.05) is 6.04 Å². The maximum absolute atomic E-state index is 13.1. The van der Waals surface area contributed by atoms with Crippen LogP contribution >= 0.6 is 11.6 Å². The van der Waals surface area contributed by atoms with Gasteiger partial charge in [0.15, 0.2) is 0 Å². The fourth-order valence-electron chi connectivity index (χ4n) is 1.70. The largest absolute Gasteiger partial charge is 0.310 e. The molecule has 0 saturated carbocycles. The second-order valence-electron chi connectivity index (χ2n) is 3.32. The maximum Gasteiger partial charge on any atom is 0.142 e. The highest BCUT2D eigenvalue weighted by atomic mass is 35.5. The molecule has 0 aliphatic carbocycles. The Balaban J connectivity index is 2.25. The van der Waals surface area contributed by atoms with E-state index in [0.717, 1.165) is 24.9 Å². The topological polar surface area (TPSA) is 12.0 Å². The molecule has 13 heavy (non-hydrogen) atoms. The van der Waals surface area contributed by atoms with Gasteiger partial charge in [0.1, 0.15) is 5.82 Å². The second-order valence-corrected chi connectivity index (χ2v) is 3.73. The summed E-state index contributed by atoms with van der Waals surface area (Å²) < 4.78 is 13.1. The van der Waals surface area contributed by atoms with Gasteiger partial charge >= 0.3 is 0 Å². The molecule has 1 fully saturated rings. The quantitative estimate of drug-likeness (QED) is 0.734. The third-order valence-corrected chi connectivity index (χ3v) is 2.71. The SMILES string of the molecule is Fc1cc([C@@H]2CCCN2)ccc1Cl. The Morgan fingerprint density at radius 3 is 2.92 bits per heavy atom. The summed E-state index contributed by atoms with van der Waals surface area (Å²) in [5.74, 6) is -0.326. The van der Waals surface area contributed by atoms with Crippen molar-refractivity contribution in [3.05, 3.63) is 34.6 Å². The van der Waals surface area contributed by atoms with Crippen molar-refractivity contribution in [3.8, 4) is 0 Å². The molecule has 0 aromatic heterocycles. The zero-order valence-corrected chi connectivity index (χ0v) is 7.94. The van der Waals surface area contributed by atoms with Crippen LogP contribution in [0, 0.1) is 5.82 Å². The first-order chi connectivity index (χ1) is 6.27. The molecule has 1 nitrogen and oxygen atoms in total. The number of rotatable bonds is 1. The molecule has 1 atom stereocenters. The van der Waals surface area contributed by atoms with Gasteiger partial charge in [0.05, 0.1) is 5.02 Å². The van der Waals surface area contributed by atoms with Crippen molar-refractivity contribution in [2.75, 3.05) is 6.54 Å². The van der Waals surface area contributed by atoms with Gasteiger partial charge in [0.2, 0.25) is 0 Å². The van der Waals surface area contributed by atoms with E-state index in [1.54, 1.807) is 6.07 Å². The van der Waals surface area contributed by atoms with Crippen LogP contribution in [-0.4, -0.2) is 6.54 Å². The fraction of sp³-hybridized carbons (Fsp3) is 0.400. The smallest absolute Gasteiger partial charge is 0.142 e. The second kappa shape index (κ2) is 3.64. The summed E-state index contributed by atoms with van der Waals surface area (Å²) in [6.45, 7) is 1.02. The predicted octanol–water partition coefficient (Wildman–Crippen LogP) is 2.90. The number of nitrogens with one attached hydrogen (secondary N) is 1. The molecular formula is C10H11ClFN. The van der Waals surface area contributed by atoms with Crippen LogP contribution < -0.4 is 5.32 Å². The normalized spacial score (nSPS) is 22.2. The molecular weight excluding hydrogens is 189 g/mol. The Labute approximate surface area is 81.9 Å². The summed E-state index contributed by atoms with van der Waals surface area (Å²) in [6.07, 6.45) is 2.25. The van der Waals surface area contributed by atoms with E-state index in [1.165, 1.54) is 6.07 Å². The molecule has 0 bridgehead atoms. The van der Waals surface area contributed by atoms with Gasteiger partial charge in [0.25, 0.3) is 0 Å². The fourth-order valence-corrected chi connectivity index (χ4v) is 1.82. The van der Waals surface area contributed by atoms with Crippen LogP contribution in [0.4, 0.5) is 4.39 Å². The molecule has 70 valence electrons. The van der Waals surface area contributed by atoms with Crippen molar-refractivity contribution in [2.45, 2.75) is 18.9 Å². The van der Waals surface area contributed by atoms with Crippen molar-refractivity contribution in [1.82, 2.24) is 5.32 Å². The Morgan fingerprint density at radius 1 is 1.46 bits per heavy atom. The van der Waals surface area contributed by atoms with E-state index < -0.39 is 0 Å². The first kappa shape index (κ1) is 8.97. The number of hydrogen-bond donors (Lipinski definition) is 1. The molecule has 1 aliphatic rings. The van der Waals surface area contributed by atoms with E-state index in [-0.39, 0.29) is 10.8 Å². The molecule has 0 unspecified atom stereocenters. The lowest BCUT2D eigenvalue weighted by atomic mass is 10.1. The van der Waals surface area contributed by atoms with Crippen LogP contribution in [0.25, 0.3) is 0 Å². The van der Waals surface area contributed by atoms with Gasteiger partial charge in [-0.05, 0) is 37.1 Å². The predicted molar refractivity (Wildman–Crippen MR) is 51.4 cm³/mol. The molecule has 2 rings (SSSR count). The van der Waals surface area contributed by atoms with Crippen molar-refractivity contribution in [2.24, 2.45) is 0 Å². The van der Waals surface area contributed by atoms with E-state index >= 15 is 0 Å². The molecule has 3 heteroatoms. The summed E-state index contributed by atoms with van der Waals surface area (Å²) in [6, 6.07) is 5.33. The molecule has 1 N–H and O–H groups in total. The number of benzene rings is 1. The van der Waals surface area contributed by atoms with Crippen LogP contribution in [-0.2, 0) is 0 Å². The van der Waals surface area contributed by atoms with E-state index in [1.807, 2.05) is 6.07 Å². The average Bonchev–Trinajstić information content (AvgIpc) is 2.62. The Bertz CT molecular complexity index is 308. The molecule has 0 amide bonds. The lowest BCUT2D eigenvalue weighted by Gasteiger charge is -2.10. The minimum atomic E-state index is -0.326. The van der Waals surface area contributed by atoms with Crippen molar-refractivity contribution < 1.29 is 4.39 Å². The number of hydrogen-bond acceptors (Lipinski definition) is 1.